The topological polar surface area (TPSA) is 71.0 Å². The average molecular weight is 277 g/mol. The molecule has 0 aliphatic rings. The molecule has 0 bridgehead atoms. The van der Waals surface area contributed by atoms with E-state index in [0.717, 1.165) is 6.42 Å². The first kappa shape index (κ1) is 18.8. The van der Waals surface area contributed by atoms with Gasteiger partial charge in [-0.1, -0.05) is 13.8 Å². The summed E-state index contributed by atoms with van der Waals surface area (Å²) >= 11 is 0. The van der Waals surface area contributed by atoms with Crippen LogP contribution in [0, 0.1) is 5.92 Å². The quantitative estimate of drug-likeness (QED) is 0.492. The molecular weight excluding hydrogens is 246 g/mol. The summed E-state index contributed by atoms with van der Waals surface area (Å²) in [6, 6.07) is 0.0673. The zero-order valence-corrected chi connectivity index (χ0v) is 12.8. The van der Waals surface area contributed by atoms with Gasteiger partial charge >= 0.3 is 0 Å². The normalized spacial score (nSPS) is 16.6. The predicted octanol–water partition coefficient (Wildman–Crippen LogP) is 0.786. The summed E-state index contributed by atoms with van der Waals surface area (Å²) in [6.07, 6.45) is 1.25. The van der Waals surface area contributed by atoms with E-state index >= 15 is 0 Å². The van der Waals surface area contributed by atoms with E-state index in [1.54, 1.807) is 7.11 Å². The molecule has 0 fully saturated rings. The van der Waals surface area contributed by atoms with E-state index in [-0.39, 0.29) is 18.8 Å². The highest BCUT2D eigenvalue weighted by Crippen LogP contribution is 2.07. The van der Waals surface area contributed by atoms with Gasteiger partial charge in [-0.25, -0.2) is 0 Å². The Balaban J connectivity index is 3.74. The predicted molar refractivity (Wildman–Crippen MR) is 76.2 cm³/mol. The Morgan fingerprint density at radius 2 is 1.84 bits per heavy atom. The SMILES string of the molecule is COCC(CCO)NCC(O)COC(C)CC(C)C. The van der Waals surface area contributed by atoms with Crippen LogP contribution >= 0.6 is 0 Å². The maximum absolute atomic E-state index is 9.83. The largest absolute Gasteiger partial charge is 0.396 e. The molecule has 0 aliphatic heterocycles. The summed E-state index contributed by atoms with van der Waals surface area (Å²) in [7, 11) is 1.62. The van der Waals surface area contributed by atoms with E-state index in [9.17, 15) is 5.11 Å². The summed E-state index contributed by atoms with van der Waals surface area (Å²) in [5.74, 6) is 0.598. The van der Waals surface area contributed by atoms with Crippen LogP contribution in [0.25, 0.3) is 0 Å². The molecule has 0 heterocycles. The highest BCUT2D eigenvalue weighted by molar-refractivity contribution is 4.69. The van der Waals surface area contributed by atoms with E-state index in [0.29, 0.717) is 32.1 Å². The van der Waals surface area contributed by atoms with Crippen LogP contribution in [-0.2, 0) is 9.47 Å². The van der Waals surface area contributed by atoms with Gasteiger partial charge in [-0.3, -0.25) is 0 Å². The molecule has 0 aromatic rings. The number of methoxy groups -OCH3 is 1. The van der Waals surface area contributed by atoms with Crippen molar-refractivity contribution in [2.24, 2.45) is 5.92 Å². The number of hydrogen-bond donors (Lipinski definition) is 3. The molecule has 116 valence electrons. The minimum Gasteiger partial charge on any atom is -0.396 e. The highest BCUT2D eigenvalue weighted by atomic mass is 16.5. The summed E-state index contributed by atoms with van der Waals surface area (Å²) in [6.45, 7) is 7.75. The van der Waals surface area contributed by atoms with Crippen LogP contribution in [0.15, 0.2) is 0 Å². The van der Waals surface area contributed by atoms with Crippen molar-refractivity contribution in [2.75, 3.05) is 33.5 Å². The van der Waals surface area contributed by atoms with Crippen molar-refractivity contribution in [1.82, 2.24) is 5.32 Å². The molecule has 0 saturated heterocycles. The lowest BCUT2D eigenvalue weighted by Crippen LogP contribution is -2.40. The number of rotatable bonds is 12. The van der Waals surface area contributed by atoms with Gasteiger partial charge in [0.1, 0.15) is 0 Å². The minimum absolute atomic E-state index is 0.0673. The van der Waals surface area contributed by atoms with Gasteiger partial charge in [-0.2, -0.15) is 0 Å². The van der Waals surface area contributed by atoms with Crippen LogP contribution < -0.4 is 5.32 Å². The third-order valence-corrected chi connectivity index (χ3v) is 2.86. The van der Waals surface area contributed by atoms with Crippen molar-refractivity contribution in [3.05, 3.63) is 0 Å². The molecule has 3 N–H and O–H groups in total. The summed E-state index contributed by atoms with van der Waals surface area (Å²) in [4.78, 5) is 0. The van der Waals surface area contributed by atoms with Crippen molar-refractivity contribution >= 4 is 0 Å². The maximum atomic E-state index is 9.83. The Labute approximate surface area is 117 Å². The Kier molecular flexibility index (Phi) is 11.5. The van der Waals surface area contributed by atoms with E-state index in [4.69, 9.17) is 14.6 Å². The van der Waals surface area contributed by atoms with Crippen molar-refractivity contribution in [3.63, 3.8) is 0 Å². The monoisotopic (exact) mass is 277 g/mol. The van der Waals surface area contributed by atoms with E-state index in [2.05, 4.69) is 19.2 Å². The van der Waals surface area contributed by atoms with Gasteiger partial charge in [0.2, 0.25) is 0 Å². The van der Waals surface area contributed by atoms with Crippen molar-refractivity contribution in [2.45, 2.75) is 51.9 Å². The highest BCUT2D eigenvalue weighted by Gasteiger charge is 2.12. The second-order valence-electron chi connectivity index (χ2n) is 5.50. The molecule has 0 amide bonds. The maximum Gasteiger partial charge on any atom is 0.0897 e. The molecule has 3 unspecified atom stereocenters. The molecule has 5 heteroatoms. The number of ether oxygens (including phenoxy) is 2. The molecule has 0 aromatic carbocycles. The molecule has 0 aliphatic carbocycles. The molecule has 0 radical (unpaired) electrons. The van der Waals surface area contributed by atoms with Gasteiger partial charge in [0, 0.05) is 26.3 Å². The summed E-state index contributed by atoms with van der Waals surface area (Å²) in [5, 5.41) is 21.9. The lowest BCUT2D eigenvalue weighted by Gasteiger charge is -2.21. The molecule has 19 heavy (non-hydrogen) atoms. The Morgan fingerprint density at radius 3 is 2.37 bits per heavy atom. The van der Waals surface area contributed by atoms with Crippen LogP contribution in [0.2, 0.25) is 0 Å². The zero-order valence-electron chi connectivity index (χ0n) is 12.8. The van der Waals surface area contributed by atoms with Crippen LogP contribution in [0.4, 0.5) is 0 Å². The van der Waals surface area contributed by atoms with Crippen LogP contribution in [-0.4, -0.2) is 61.9 Å². The number of aliphatic hydroxyl groups is 2. The molecule has 0 rings (SSSR count). The minimum atomic E-state index is -0.535. The average Bonchev–Trinajstić information content (AvgIpc) is 2.33. The zero-order chi connectivity index (χ0) is 14.7. The van der Waals surface area contributed by atoms with Gasteiger partial charge in [0.25, 0.3) is 0 Å². The van der Waals surface area contributed by atoms with E-state index in [1.807, 2.05) is 6.92 Å². The van der Waals surface area contributed by atoms with Crippen molar-refractivity contribution in [3.8, 4) is 0 Å². The fourth-order valence-corrected chi connectivity index (χ4v) is 1.97. The van der Waals surface area contributed by atoms with E-state index < -0.39 is 6.10 Å². The first-order valence-corrected chi connectivity index (χ1v) is 7.12. The van der Waals surface area contributed by atoms with Crippen LogP contribution in [0.5, 0.6) is 0 Å². The van der Waals surface area contributed by atoms with Gasteiger partial charge in [-0.15, -0.1) is 0 Å². The lowest BCUT2D eigenvalue weighted by atomic mass is 10.1. The van der Waals surface area contributed by atoms with Crippen molar-refractivity contribution in [1.29, 1.82) is 0 Å². The first-order valence-electron chi connectivity index (χ1n) is 7.12. The third-order valence-electron chi connectivity index (χ3n) is 2.86. The number of hydrogen-bond acceptors (Lipinski definition) is 5. The molecule has 0 spiro atoms. The second-order valence-corrected chi connectivity index (χ2v) is 5.50. The van der Waals surface area contributed by atoms with Gasteiger partial charge in [-0.05, 0) is 25.7 Å². The molecule has 3 atom stereocenters. The number of nitrogens with one attached hydrogen (secondary N) is 1. The van der Waals surface area contributed by atoms with E-state index in [1.165, 1.54) is 0 Å². The second kappa shape index (κ2) is 11.6. The Bertz CT molecular complexity index is 196. The lowest BCUT2D eigenvalue weighted by molar-refractivity contribution is -0.0104. The fourth-order valence-electron chi connectivity index (χ4n) is 1.97. The molecule has 5 nitrogen and oxygen atoms in total. The van der Waals surface area contributed by atoms with Gasteiger partial charge in [0.15, 0.2) is 0 Å². The summed E-state index contributed by atoms with van der Waals surface area (Å²) < 4.78 is 10.6. The third kappa shape index (κ3) is 11.3. The van der Waals surface area contributed by atoms with Crippen molar-refractivity contribution < 1.29 is 19.7 Å². The summed E-state index contributed by atoms with van der Waals surface area (Å²) in [5.41, 5.74) is 0. The molecular formula is C14H31NO4. The Hall–Kier alpha value is -0.200. The molecule has 0 aromatic heterocycles. The van der Waals surface area contributed by atoms with Crippen LogP contribution in [0.3, 0.4) is 0 Å². The molecule has 0 saturated carbocycles. The van der Waals surface area contributed by atoms with Crippen LogP contribution in [0.1, 0.15) is 33.6 Å². The van der Waals surface area contributed by atoms with Gasteiger partial charge in [0.05, 0.1) is 25.4 Å². The van der Waals surface area contributed by atoms with Gasteiger partial charge < -0.3 is 25.0 Å². The first-order chi connectivity index (χ1) is 8.99. The standard InChI is InChI=1S/C14H31NO4/c1-11(2)7-12(3)19-10-14(17)8-15-13(5-6-16)9-18-4/h11-17H,5-10H2,1-4H3. The fraction of sp³-hybridized carbons (Fsp3) is 1.00. The number of aliphatic hydroxyl groups excluding tert-OH is 2. The Morgan fingerprint density at radius 1 is 1.16 bits per heavy atom. The smallest absolute Gasteiger partial charge is 0.0897 e.